The van der Waals surface area contributed by atoms with Crippen molar-refractivity contribution in [3.63, 3.8) is 0 Å². The van der Waals surface area contributed by atoms with Gasteiger partial charge in [0.25, 0.3) is 0 Å². The number of hydrogen-bond acceptors (Lipinski definition) is 6. The third kappa shape index (κ3) is 7.26. The van der Waals surface area contributed by atoms with E-state index in [1.807, 2.05) is 37.3 Å². The molecule has 8 nitrogen and oxygen atoms in total. The van der Waals surface area contributed by atoms with E-state index in [4.69, 9.17) is 18.6 Å². The second kappa shape index (κ2) is 12.8. The van der Waals surface area contributed by atoms with Crippen molar-refractivity contribution in [2.45, 2.75) is 78.0 Å². The molecule has 1 atom stereocenters. The Labute approximate surface area is 213 Å². The number of carbonyl (C=O) groups excluding carboxylic acids is 2. The number of rotatable bonds is 13. The predicted octanol–water partition coefficient (Wildman–Crippen LogP) is 4.82. The normalized spacial score (nSPS) is 16.3. The quantitative estimate of drug-likeness (QED) is 0.368. The van der Waals surface area contributed by atoms with Crippen LogP contribution in [0.4, 0.5) is 0 Å². The maximum atomic E-state index is 13.7. The van der Waals surface area contributed by atoms with Crippen LogP contribution < -0.4 is 9.47 Å². The van der Waals surface area contributed by atoms with Gasteiger partial charge in [0.15, 0.2) is 11.5 Å². The van der Waals surface area contributed by atoms with Crippen LogP contribution in [0.3, 0.4) is 0 Å². The zero-order valence-electron chi connectivity index (χ0n) is 21.5. The zero-order valence-corrected chi connectivity index (χ0v) is 21.5. The molecule has 36 heavy (non-hydrogen) atoms. The number of furan rings is 1. The molecule has 4 rings (SSSR count). The van der Waals surface area contributed by atoms with Gasteiger partial charge in [0, 0.05) is 26.1 Å². The minimum Gasteiger partial charge on any atom is -0.464 e. The Bertz CT molecular complexity index is 1010. The van der Waals surface area contributed by atoms with Gasteiger partial charge in [-0.15, -0.1) is 0 Å². The SMILES string of the molecule is CCCCCCC(=O)N(CC(=O)N(Cc1ccc2c(c1)OCO2)Cc1ccc(C)o1)C[C@H]1CCCO1. The van der Waals surface area contributed by atoms with E-state index < -0.39 is 0 Å². The van der Waals surface area contributed by atoms with Gasteiger partial charge >= 0.3 is 0 Å². The average molecular weight is 499 g/mol. The van der Waals surface area contributed by atoms with Gasteiger partial charge in [-0.1, -0.05) is 32.3 Å². The number of nitrogens with zero attached hydrogens (tertiary/aromatic N) is 2. The van der Waals surface area contributed by atoms with Crippen LogP contribution in [-0.2, 0) is 27.4 Å². The molecule has 0 saturated carbocycles. The number of carbonyl (C=O) groups is 2. The van der Waals surface area contributed by atoms with Crippen LogP contribution in [-0.4, -0.2) is 54.2 Å². The van der Waals surface area contributed by atoms with Gasteiger partial charge in [0.2, 0.25) is 18.6 Å². The molecule has 0 radical (unpaired) electrons. The lowest BCUT2D eigenvalue weighted by molar-refractivity contribution is -0.142. The highest BCUT2D eigenvalue weighted by molar-refractivity contribution is 5.85. The van der Waals surface area contributed by atoms with Gasteiger partial charge in [-0.05, 0) is 56.0 Å². The van der Waals surface area contributed by atoms with E-state index in [-0.39, 0.29) is 31.3 Å². The van der Waals surface area contributed by atoms with Gasteiger partial charge in [-0.3, -0.25) is 9.59 Å². The van der Waals surface area contributed by atoms with Crippen molar-refractivity contribution in [2.24, 2.45) is 0 Å². The average Bonchev–Trinajstić information content (AvgIpc) is 3.63. The van der Waals surface area contributed by atoms with Crippen LogP contribution in [0.1, 0.15) is 69.0 Å². The molecule has 1 aromatic carbocycles. The Morgan fingerprint density at radius 2 is 1.83 bits per heavy atom. The van der Waals surface area contributed by atoms with E-state index in [2.05, 4.69) is 6.92 Å². The third-order valence-electron chi connectivity index (χ3n) is 6.68. The molecule has 8 heteroatoms. The Morgan fingerprint density at radius 3 is 2.58 bits per heavy atom. The van der Waals surface area contributed by atoms with Crippen molar-refractivity contribution in [2.75, 3.05) is 26.5 Å². The van der Waals surface area contributed by atoms with Crippen molar-refractivity contribution in [1.82, 2.24) is 9.80 Å². The van der Waals surface area contributed by atoms with Crippen LogP contribution in [0.2, 0.25) is 0 Å². The third-order valence-corrected chi connectivity index (χ3v) is 6.68. The smallest absolute Gasteiger partial charge is 0.242 e. The summed E-state index contributed by atoms with van der Waals surface area (Å²) in [5.74, 6) is 2.78. The maximum absolute atomic E-state index is 13.7. The minimum atomic E-state index is -0.123. The highest BCUT2D eigenvalue weighted by Crippen LogP contribution is 2.33. The molecule has 1 aromatic heterocycles. The van der Waals surface area contributed by atoms with Crippen molar-refractivity contribution < 1.29 is 28.2 Å². The fraction of sp³-hybridized carbons (Fsp3) is 0.571. The molecule has 2 aliphatic heterocycles. The van der Waals surface area contributed by atoms with Crippen molar-refractivity contribution in [1.29, 1.82) is 0 Å². The number of benzene rings is 1. The topological polar surface area (TPSA) is 81.5 Å². The Kier molecular flexibility index (Phi) is 9.28. The maximum Gasteiger partial charge on any atom is 0.242 e. The summed E-state index contributed by atoms with van der Waals surface area (Å²) in [6, 6.07) is 9.48. The molecule has 3 heterocycles. The van der Waals surface area contributed by atoms with Gasteiger partial charge in [0.1, 0.15) is 11.5 Å². The zero-order chi connectivity index (χ0) is 25.3. The Balaban J connectivity index is 1.47. The molecular weight excluding hydrogens is 460 g/mol. The van der Waals surface area contributed by atoms with Crippen LogP contribution in [0.15, 0.2) is 34.7 Å². The summed E-state index contributed by atoms with van der Waals surface area (Å²) < 4.78 is 22.5. The summed E-state index contributed by atoms with van der Waals surface area (Å²) in [4.78, 5) is 30.2. The summed E-state index contributed by atoms with van der Waals surface area (Å²) in [5.41, 5.74) is 0.924. The molecule has 1 saturated heterocycles. The number of fused-ring (bicyclic) bond motifs is 1. The van der Waals surface area contributed by atoms with E-state index in [0.29, 0.717) is 49.9 Å². The van der Waals surface area contributed by atoms with E-state index in [9.17, 15) is 9.59 Å². The molecule has 1 fully saturated rings. The number of amides is 2. The van der Waals surface area contributed by atoms with Gasteiger partial charge in [-0.2, -0.15) is 0 Å². The van der Waals surface area contributed by atoms with E-state index >= 15 is 0 Å². The molecule has 2 aromatic rings. The van der Waals surface area contributed by atoms with Gasteiger partial charge < -0.3 is 28.4 Å². The second-order valence-corrected chi connectivity index (χ2v) is 9.67. The van der Waals surface area contributed by atoms with Crippen LogP contribution >= 0.6 is 0 Å². The lowest BCUT2D eigenvalue weighted by Gasteiger charge is -2.29. The highest BCUT2D eigenvalue weighted by atomic mass is 16.7. The predicted molar refractivity (Wildman–Crippen MR) is 135 cm³/mol. The van der Waals surface area contributed by atoms with Crippen LogP contribution in [0, 0.1) is 6.92 Å². The summed E-state index contributed by atoms with van der Waals surface area (Å²) >= 11 is 0. The molecular formula is C28H38N2O6. The first-order chi connectivity index (χ1) is 17.5. The van der Waals surface area contributed by atoms with Crippen LogP contribution in [0.25, 0.3) is 0 Å². The second-order valence-electron chi connectivity index (χ2n) is 9.67. The molecule has 0 bridgehead atoms. The molecule has 196 valence electrons. The summed E-state index contributed by atoms with van der Waals surface area (Å²) in [5, 5.41) is 0. The first kappa shape index (κ1) is 26.1. The molecule has 2 aliphatic rings. The highest BCUT2D eigenvalue weighted by Gasteiger charge is 2.27. The first-order valence-corrected chi connectivity index (χ1v) is 13.1. The van der Waals surface area contributed by atoms with Crippen molar-refractivity contribution in [3.05, 3.63) is 47.4 Å². The molecule has 0 aliphatic carbocycles. The van der Waals surface area contributed by atoms with E-state index in [1.165, 1.54) is 0 Å². The van der Waals surface area contributed by atoms with Gasteiger partial charge in [-0.25, -0.2) is 0 Å². The minimum absolute atomic E-state index is 0.00701. The van der Waals surface area contributed by atoms with Crippen molar-refractivity contribution >= 4 is 11.8 Å². The number of ether oxygens (including phenoxy) is 3. The number of unbranched alkanes of at least 4 members (excludes halogenated alkanes) is 3. The Hall–Kier alpha value is -3.00. The molecule has 0 spiro atoms. The summed E-state index contributed by atoms with van der Waals surface area (Å²) in [6.07, 6.45) is 6.46. The van der Waals surface area contributed by atoms with Crippen molar-refractivity contribution in [3.8, 4) is 11.5 Å². The largest absolute Gasteiger partial charge is 0.464 e. The lowest BCUT2D eigenvalue weighted by atomic mass is 10.1. The summed E-state index contributed by atoms with van der Waals surface area (Å²) in [7, 11) is 0. The standard InChI is InChI=1S/C28H38N2O6/c1-3-4-5-6-9-27(31)30(17-23-8-7-14-33-23)19-28(32)29(18-24-12-10-21(2)36-24)16-22-11-13-25-26(15-22)35-20-34-25/h10-13,15,23H,3-9,14,16-20H2,1-2H3/t23-/m1/s1. The van der Waals surface area contributed by atoms with Gasteiger partial charge in [0.05, 0.1) is 19.2 Å². The fourth-order valence-corrected chi connectivity index (χ4v) is 4.66. The number of hydrogen-bond donors (Lipinski definition) is 0. The van der Waals surface area contributed by atoms with E-state index in [0.717, 1.165) is 49.8 Å². The lowest BCUT2D eigenvalue weighted by Crippen LogP contribution is -2.45. The monoisotopic (exact) mass is 498 g/mol. The molecule has 0 N–H and O–H groups in total. The van der Waals surface area contributed by atoms with E-state index in [1.54, 1.807) is 9.80 Å². The van der Waals surface area contributed by atoms with Crippen LogP contribution in [0.5, 0.6) is 11.5 Å². The molecule has 0 unspecified atom stereocenters. The fourth-order valence-electron chi connectivity index (χ4n) is 4.66. The first-order valence-electron chi connectivity index (χ1n) is 13.1. The number of aryl methyl sites for hydroxylation is 1. The summed E-state index contributed by atoms with van der Waals surface area (Å²) in [6.45, 7) is 6.12. The Morgan fingerprint density at radius 1 is 0.972 bits per heavy atom. The molecule has 2 amide bonds.